The molecule has 0 radical (unpaired) electrons. The number of aromatic nitrogens is 3. The number of furan rings is 1. The van der Waals surface area contributed by atoms with Crippen LogP contribution in [0.15, 0.2) is 47.3 Å². The maximum atomic E-state index is 12.6. The minimum absolute atomic E-state index is 0.192. The zero-order valence-electron chi connectivity index (χ0n) is 15.5. The van der Waals surface area contributed by atoms with Crippen molar-refractivity contribution in [2.45, 2.75) is 33.1 Å². The number of rotatable bonds is 6. The van der Waals surface area contributed by atoms with Gasteiger partial charge in [-0.1, -0.05) is 19.4 Å². The van der Waals surface area contributed by atoms with Crippen molar-refractivity contribution in [1.82, 2.24) is 19.7 Å². The highest BCUT2D eigenvalue weighted by atomic mass is 16.3. The molecule has 0 saturated heterocycles. The molecule has 0 aliphatic heterocycles. The van der Waals surface area contributed by atoms with Crippen LogP contribution < -0.4 is 5.32 Å². The number of hydrogen-bond acceptors (Lipinski definition) is 4. The third kappa shape index (κ3) is 3.43. The molecular weight excluding hydrogens is 340 g/mol. The number of carbonyl (C=O) groups excluding carboxylic acids is 1. The molecule has 1 amide bonds. The predicted octanol–water partition coefficient (Wildman–Crippen LogP) is 3.71. The number of aryl methyl sites for hydroxylation is 2. The average molecular weight is 362 g/mol. The number of nitrogens with one attached hydrogen (secondary N) is 1. The molecule has 4 aromatic rings. The minimum Gasteiger partial charge on any atom is -0.451 e. The quantitative estimate of drug-likeness (QED) is 0.567. The van der Waals surface area contributed by atoms with Gasteiger partial charge in [-0.05, 0) is 37.1 Å². The summed E-state index contributed by atoms with van der Waals surface area (Å²) in [4.78, 5) is 21.2. The van der Waals surface area contributed by atoms with E-state index in [0.29, 0.717) is 24.5 Å². The first-order valence-corrected chi connectivity index (χ1v) is 9.24. The number of fused-ring (bicyclic) bond motifs is 2. The summed E-state index contributed by atoms with van der Waals surface area (Å²) in [5, 5.41) is 3.94. The van der Waals surface area contributed by atoms with Crippen molar-refractivity contribution in [3.05, 3.63) is 65.4 Å². The van der Waals surface area contributed by atoms with Gasteiger partial charge in [0, 0.05) is 42.5 Å². The first kappa shape index (κ1) is 17.3. The lowest BCUT2D eigenvalue weighted by Crippen LogP contribution is -2.25. The van der Waals surface area contributed by atoms with E-state index >= 15 is 0 Å². The molecule has 138 valence electrons. The molecular formula is C21H22N4O2. The highest BCUT2D eigenvalue weighted by Crippen LogP contribution is 2.26. The lowest BCUT2D eigenvalue weighted by molar-refractivity contribution is 0.0927. The summed E-state index contributed by atoms with van der Waals surface area (Å²) < 4.78 is 7.67. The first-order valence-electron chi connectivity index (χ1n) is 9.24. The summed E-state index contributed by atoms with van der Waals surface area (Å²) >= 11 is 0. The molecule has 0 atom stereocenters. The smallest absolute Gasteiger partial charge is 0.287 e. The maximum Gasteiger partial charge on any atom is 0.287 e. The van der Waals surface area contributed by atoms with Gasteiger partial charge < -0.3 is 9.73 Å². The molecule has 0 fully saturated rings. The zero-order valence-corrected chi connectivity index (χ0v) is 15.5. The predicted molar refractivity (Wildman–Crippen MR) is 104 cm³/mol. The van der Waals surface area contributed by atoms with E-state index in [4.69, 9.17) is 4.42 Å². The van der Waals surface area contributed by atoms with Crippen LogP contribution in [-0.4, -0.2) is 26.8 Å². The minimum atomic E-state index is -0.192. The molecule has 0 aliphatic carbocycles. The van der Waals surface area contributed by atoms with Gasteiger partial charge in [-0.15, -0.1) is 0 Å². The Bertz CT molecular complexity index is 1080. The molecule has 6 heteroatoms. The number of nitrogens with zero attached hydrogens (tertiary/aromatic N) is 3. The SMILES string of the molecule is CCCc1ccc2oc(C(=O)NCCc3cn4cccnc4n3)c(C)c2c1. The summed E-state index contributed by atoms with van der Waals surface area (Å²) in [6, 6.07) is 8.00. The third-order valence-corrected chi connectivity index (χ3v) is 4.70. The van der Waals surface area contributed by atoms with Gasteiger partial charge in [-0.3, -0.25) is 9.20 Å². The fourth-order valence-electron chi connectivity index (χ4n) is 3.31. The Morgan fingerprint density at radius 1 is 1.30 bits per heavy atom. The van der Waals surface area contributed by atoms with Gasteiger partial charge in [-0.25, -0.2) is 9.97 Å². The van der Waals surface area contributed by atoms with Crippen molar-refractivity contribution in [2.75, 3.05) is 6.54 Å². The van der Waals surface area contributed by atoms with Gasteiger partial charge in [0.1, 0.15) is 5.58 Å². The Kier molecular flexibility index (Phi) is 4.62. The van der Waals surface area contributed by atoms with Gasteiger partial charge in [0.2, 0.25) is 5.78 Å². The standard InChI is InChI=1S/C21H22N4O2/c1-3-5-15-6-7-18-17(12-15)14(2)19(27-18)20(26)22-10-8-16-13-25-11-4-9-23-21(25)24-16/h4,6-7,9,11-13H,3,5,8,10H2,1-2H3,(H,22,26). The lowest BCUT2D eigenvalue weighted by atomic mass is 10.1. The largest absolute Gasteiger partial charge is 0.451 e. The second kappa shape index (κ2) is 7.23. The van der Waals surface area contributed by atoms with Crippen LogP contribution in [0.25, 0.3) is 16.7 Å². The van der Waals surface area contributed by atoms with E-state index < -0.39 is 0 Å². The number of hydrogen-bond donors (Lipinski definition) is 1. The zero-order chi connectivity index (χ0) is 18.8. The first-order chi connectivity index (χ1) is 13.2. The Hall–Kier alpha value is -3.15. The van der Waals surface area contributed by atoms with Crippen LogP contribution in [0.3, 0.4) is 0 Å². The van der Waals surface area contributed by atoms with E-state index in [1.807, 2.05) is 35.9 Å². The van der Waals surface area contributed by atoms with Gasteiger partial charge >= 0.3 is 0 Å². The average Bonchev–Trinajstić information content (AvgIpc) is 3.23. The number of carbonyl (C=O) groups is 1. The summed E-state index contributed by atoms with van der Waals surface area (Å²) in [6.07, 6.45) is 8.29. The summed E-state index contributed by atoms with van der Waals surface area (Å²) in [5.74, 6) is 0.854. The van der Waals surface area contributed by atoms with Crippen molar-refractivity contribution in [2.24, 2.45) is 0 Å². The van der Waals surface area contributed by atoms with Crippen LogP contribution in [0, 0.1) is 6.92 Å². The molecule has 27 heavy (non-hydrogen) atoms. The second-order valence-corrected chi connectivity index (χ2v) is 6.70. The summed E-state index contributed by atoms with van der Waals surface area (Å²) in [6.45, 7) is 4.58. The van der Waals surface area contributed by atoms with E-state index in [1.54, 1.807) is 6.20 Å². The van der Waals surface area contributed by atoms with E-state index in [-0.39, 0.29) is 5.91 Å². The fourth-order valence-corrected chi connectivity index (χ4v) is 3.31. The van der Waals surface area contributed by atoms with Crippen LogP contribution in [0.2, 0.25) is 0 Å². The third-order valence-electron chi connectivity index (χ3n) is 4.70. The molecule has 0 unspecified atom stereocenters. The van der Waals surface area contributed by atoms with Crippen molar-refractivity contribution in [3.63, 3.8) is 0 Å². The second-order valence-electron chi connectivity index (χ2n) is 6.70. The molecule has 0 spiro atoms. The Morgan fingerprint density at radius 3 is 3.00 bits per heavy atom. The van der Waals surface area contributed by atoms with Crippen LogP contribution in [-0.2, 0) is 12.8 Å². The Balaban J connectivity index is 1.45. The van der Waals surface area contributed by atoms with Crippen molar-refractivity contribution in [1.29, 1.82) is 0 Å². The van der Waals surface area contributed by atoms with Gasteiger partial charge in [0.15, 0.2) is 5.76 Å². The topological polar surface area (TPSA) is 72.4 Å². The monoisotopic (exact) mass is 362 g/mol. The van der Waals surface area contributed by atoms with E-state index in [0.717, 1.165) is 35.1 Å². The maximum absolute atomic E-state index is 12.6. The molecule has 0 saturated carbocycles. The molecule has 0 aliphatic rings. The molecule has 3 heterocycles. The molecule has 1 N–H and O–H groups in total. The Labute approximate surface area is 157 Å². The number of amides is 1. The van der Waals surface area contributed by atoms with Gasteiger partial charge in [0.25, 0.3) is 5.91 Å². The number of benzene rings is 1. The van der Waals surface area contributed by atoms with E-state index in [9.17, 15) is 4.79 Å². The van der Waals surface area contributed by atoms with Crippen LogP contribution in [0.1, 0.15) is 40.7 Å². The van der Waals surface area contributed by atoms with Crippen molar-refractivity contribution >= 4 is 22.7 Å². The van der Waals surface area contributed by atoms with Crippen LogP contribution >= 0.6 is 0 Å². The van der Waals surface area contributed by atoms with Gasteiger partial charge in [0.05, 0.1) is 5.69 Å². The fraction of sp³-hybridized carbons (Fsp3) is 0.286. The summed E-state index contributed by atoms with van der Waals surface area (Å²) in [7, 11) is 0. The molecule has 4 rings (SSSR count). The molecule has 6 nitrogen and oxygen atoms in total. The normalized spacial score (nSPS) is 11.3. The van der Waals surface area contributed by atoms with Gasteiger partial charge in [-0.2, -0.15) is 0 Å². The Morgan fingerprint density at radius 2 is 2.19 bits per heavy atom. The lowest BCUT2D eigenvalue weighted by Gasteiger charge is -2.02. The van der Waals surface area contributed by atoms with E-state index in [1.165, 1.54) is 5.56 Å². The van der Waals surface area contributed by atoms with Crippen LogP contribution in [0.5, 0.6) is 0 Å². The highest BCUT2D eigenvalue weighted by molar-refractivity contribution is 5.99. The highest BCUT2D eigenvalue weighted by Gasteiger charge is 2.17. The van der Waals surface area contributed by atoms with Crippen molar-refractivity contribution < 1.29 is 9.21 Å². The van der Waals surface area contributed by atoms with Crippen LogP contribution in [0.4, 0.5) is 0 Å². The molecule has 1 aromatic carbocycles. The molecule has 0 bridgehead atoms. The van der Waals surface area contributed by atoms with E-state index in [2.05, 4.69) is 34.3 Å². The van der Waals surface area contributed by atoms with Crippen molar-refractivity contribution in [3.8, 4) is 0 Å². The number of imidazole rings is 1. The summed E-state index contributed by atoms with van der Waals surface area (Å²) in [5.41, 5.74) is 3.79. The molecule has 3 aromatic heterocycles.